The Morgan fingerprint density at radius 1 is 1.40 bits per heavy atom. The number of fused-ring (bicyclic) bond motifs is 1. The zero-order chi connectivity index (χ0) is 10.5. The summed E-state index contributed by atoms with van der Waals surface area (Å²) in [5, 5.41) is 3.35. The number of ether oxygens (including phenoxy) is 1. The monoisotopic (exact) mass is 205 g/mol. The fourth-order valence-electron chi connectivity index (χ4n) is 2.13. The molecular weight excluding hydrogens is 186 g/mol. The summed E-state index contributed by atoms with van der Waals surface area (Å²) in [6.45, 7) is 5.08. The summed E-state index contributed by atoms with van der Waals surface area (Å²) in [6, 6.07) is 8.64. The van der Waals surface area contributed by atoms with Crippen molar-refractivity contribution in [2.45, 2.75) is 25.9 Å². The molecule has 0 fully saturated rings. The molecule has 1 N–H and O–H groups in total. The molecule has 1 aromatic carbocycles. The van der Waals surface area contributed by atoms with Crippen molar-refractivity contribution in [2.75, 3.05) is 19.7 Å². The predicted molar refractivity (Wildman–Crippen MR) is 62.0 cm³/mol. The second kappa shape index (κ2) is 5.29. The van der Waals surface area contributed by atoms with E-state index in [1.54, 1.807) is 0 Å². The first kappa shape index (κ1) is 10.7. The van der Waals surface area contributed by atoms with Crippen LogP contribution in [0, 0.1) is 0 Å². The molecule has 0 aromatic heterocycles. The van der Waals surface area contributed by atoms with Crippen molar-refractivity contribution in [3.05, 3.63) is 35.4 Å². The Labute approximate surface area is 91.6 Å². The van der Waals surface area contributed by atoms with E-state index in [2.05, 4.69) is 36.5 Å². The molecule has 0 radical (unpaired) electrons. The van der Waals surface area contributed by atoms with Gasteiger partial charge in [-0.2, -0.15) is 0 Å². The van der Waals surface area contributed by atoms with E-state index >= 15 is 0 Å². The summed E-state index contributed by atoms with van der Waals surface area (Å²) in [6.07, 6.45) is 2.44. The highest BCUT2D eigenvalue weighted by Crippen LogP contribution is 2.28. The first-order valence-electron chi connectivity index (χ1n) is 5.82. The summed E-state index contributed by atoms with van der Waals surface area (Å²) in [7, 11) is 0. The van der Waals surface area contributed by atoms with Gasteiger partial charge >= 0.3 is 0 Å². The standard InChI is InChI=1S/C13H19NO/c1-2-14-9-7-13-12-6-4-3-5-11(12)8-10-15-13/h3-6,13-14H,2,7-10H2,1H3. The molecule has 0 amide bonds. The Balaban J connectivity index is 2.02. The number of rotatable bonds is 4. The van der Waals surface area contributed by atoms with E-state index in [1.165, 1.54) is 11.1 Å². The Bertz CT molecular complexity index is 311. The summed E-state index contributed by atoms with van der Waals surface area (Å²) < 4.78 is 5.81. The van der Waals surface area contributed by atoms with Crippen LogP contribution in [0.1, 0.15) is 30.6 Å². The van der Waals surface area contributed by atoms with Crippen molar-refractivity contribution >= 4 is 0 Å². The van der Waals surface area contributed by atoms with Crippen LogP contribution in [0.4, 0.5) is 0 Å². The molecule has 0 aliphatic carbocycles. The van der Waals surface area contributed by atoms with Gasteiger partial charge in [-0.1, -0.05) is 31.2 Å². The lowest BCUT2D eigenvalue weighted by molar-refractivity contribution is 0.0369. The minimum atomic E-state index is 0.300. The van der Waals surface area contributed by atoms with Gasteiger partial charge in [0.05, 0.1) is 12.7 Å². The molecule has 1 aliphatic rings. The van der Waals surface area contributed by atoms with Gasteiger partial charge in [0.15, 0.2) is 0 Å². The third-order valence-electron chi connectivity index (χ3n) is 2.93. The van der Waals surface area contributed by atoms with Crippen LogP contribution in [0.5, 0.6) is 0 Å². The zero-order valence-electron chi connectivity index (χ0n) is 9.33. The lowest BCUT2D eigenvalue weighted by Crippen LogP contribution is -2.22. The smallest absolute Gasteiger partial charge is 0.0839 e. The van der Waals surface area contributed by atoms with Crippen molar-refractivity contribution in [3.8, 4) is 0 Å². The van der Waals surface area contributed by atoms with Gasteiger partial charge in [0, 0.05) is 0 Å². The lowest BCUT2D eigenvalue weighted by atomic mass is 9.96. The molecule has 2 nitrogen and oxygen atoms in total. The third-order valence-corrected chi connectivity index (χ3v) is 2.93. The molecule has 1 atom stereocenters. The maximum atomic E-state index is 5.81. The van der Waals surface area contributed by atoms with Gasteiger partial charge in [-0.25, -0.2) is 0 Å². The van der Waals surface area contributed by atoms with Crippen LogP contribution in [-0.2, 0) is 11.2 Å². The second-order valence-corrected chi connectivity index (χ2v) is 3.95. The summed E-state index contributed by atoms with van der Waals surface area (Å²) in [5.41, 5.74) is 2.85. The molecule has 1 aromatic rings. The fourth-order valence-corrected chi connectivity index (χ4v) is 2.13. The highest BCUT2D eigenvalue weighted by atomic mass is 16.5. The van der Waals surface area contributed by atoms with Crippen LogP contribution in [0.25, 0.3) is 0 Å². The Morgan fingerprint density at radius 2 is 2.27 bits per heavy atom. The van der Waals surface area contributed by atoms with Crippen LogP contribution >= 0.6 is 0 Å². The van der Waals surface area contributed by atoms with Crippen molar-refractivity contribution in [1.82, 2.24) is 5.32 Å². The first-order valence-corrected chi connectivity index (χ1v) is 5.82. The van der Waals surface area contributed by atoms with E-state index < -0.39 is 0 Å². The highest BCUT2D eigenvalue weighted by molar-refractivity contribution is 5.30. The Morgan fingerprint density at radius 3 is 3.13 bits per heavy atom. The molecule has 0 bridgehead atoms. The van der Waals surface area contributed by atoms with E-state index in [0.717, 1.165) is 32.5 Å². The van der Waals surface area contributed by atoms with Gasteiger partial charge in [-0.3, -0.25) is 0 Å². The summed E-state index contributed by atoms with van der Waals surface area (Å²) in [5.74, 6) is 0. The van der Waals surface area contributed by atoms with Gasteiger partial charge in [0.2, 0.25) is 0 Å². The molecule has 0 saturated carbocycles. The molecule has 1 heterocycles. The maximum Gasteiger partial charge on any atom is 0.0839 e. The van der Waals surface area contributed by atoms with Crippen LogP contribution in [0.2, 0.25) is 0 Å². The van der Waals surface area contributed by atoms with E-state index in [4.69, 9.17) is 4.74 Å². The van der Waals surface area contributed by atoms with Gasteiger partial charge in [0.1, 0.15) is 0 Å². The van der Waals surface area contributed by atoms with Gasteiger partial charge in [-0.15, -0.1) is 0 Å². The molecule has 2 heteroatoms. The van der Waals surface area contributed by atoms with Crippen LogP contribution in [-0.4, -0.2) is 19.7 Å². The topological polar surface area (TPSA) is 21.3 Å². The molecule has 1 aliphatic heterocycles. The normalized spacial score (nSPS) is 19.9. The average Bonchev–Trinajstić information content (AvgIpc) is 2.30. The second-order valence-electron chi connectivity index (χ2n) is 3.95. The molecule has 0 spiro atoms. The van der Waals surface area contributed by atoms with Crippen LogP contribution < -0.4 is 5.32 Å². The average molecular weight is 205 g/mol. The predicted octanol–water partition coefficient (Wildman–Crippen LogP) is 2.30. The lowest BCUT2D eigenvalue weighted by Gasteiger charge is -2.26. The molecule has 1 unspecified atom stereocenters. The Kier molecular flexibility index (Phi) is 3.75. The maximum absolute atomic E-state index is 5.81. The number of hydrogen-bond acceptors (Lipinski definition) is 2. The van der Waals surface area contributed by atoms with Crippen molar-refractivity contribution < 1.29 is 4.74 Å². The number of nitrogens with one attached hydrogen (secondary N) is 1. The van der Waals surface area contributed by atoms with Gasteiger partial charge in [-0.05, 0) is 37.1 Å². The fraction of sp³-hybridized carbons (Fsp3) is 0.538. The minimum Gasteiger partial charge on any atom is -0.373 e. The quantitative estimate of drug-likeness (QED) is 0.762. The highest BCUT2D eigenvalue weighted by Gasteiger charge is 2.19. The minimum absolute atomic E-state index is 0.300. The van der Waals surface area contributed by atoms with Gasteiger partial charge < -0.3 is 10.1 Å². The van der Waals surface area contributed by atoms with Gasteiger partial charge in [0.25, 0.3) is 0 Å². The van der Waals surface area contributed by atoms with E-state index in [1.807, 2.05) is 0 Å². The number of benzene rings is 1. The SMILES string of the molecule is CCNCCC1OCCc2ccccc21. The summed E-state index contributed by atoms with van der Waals surface area (Å²) in [4.78, 5) is 0. The molecule has 82 valence electrons. The number of hydrogen-bond donors (Lipinski definition) is 1. The van der Waals surface area contributed by atoms with E-state index in [0.29, 0.717) is 6.10 Å². The van der Waals surface area contributed by atoms with Crippen molar-refractivity contribution in [2.24, 2.45) is 0 Å². The zero-order valence-corrected chi connectivity index (χ0v) is 9.33. The van der Waals surface area contributed by atoms with Crippen LogP contribution in [0.15, 0.2) is 24.3 Å². The molecule has 0 saturated heterocycles. The largest absolute Gasteiger partial charge is 0.373 e. The first-order chi connectivity index (χ1) is 7.42. The molecular formula is C13H19NO. The van der Waals surface area contributed by atoms with Crippen molar-refractivity contribution in [3.63, 3.8) is 0 Å². The summed E-state index contributed by atoms with van der Waals surface area (Å²) >= 11 is 0. The Hall–Kier alpha value is -0.860. The van der Waals surface area contributed by atoms with Crippen molar-refractivity contribution in [1.29, 1.82) is 0 Å². The van der Waals surface area contributed by atoms with Crippen LogP contribution in [0.3, 0.4) is 0 Å². The van der Waals surface area contributed by atoms with E-state index in [-0.39, 0.29) is 0 Å². The van der Waals surface area contributed by atoms with E-state index in [9.17, 15) is 0 Å². The molecule has 15 heavy (non-hydrogen) atoms. The third kappa shape index (κ3) is 2.58. The molecule has 2 rings (SSSR count).